The molecule has 0 aliphatic heterocycles. The predicted octanol–water partition coefficient (Wildman–Crippen LogP) is 4.03. The van der Waals surface area contributed by atoms with Gasteiger partial charge in [0, 0.05) is 17.7 Å². The Morgan fingerprint density at radius 3 is 1.87 bits per heavy atom. The fourth-order valence-electron chi connectivity index (χ4n) is 1.77. The number of unbranched alkanes of at least 4 members (excludes halogenated alkanes) is 4. The van der Waals surface area contributed by atoms with Gasteiger partial charge in [0.05, 0.1) is 0 Å². The van der Waals surface area contributed by atoms with Gasteiger partial charge in [-0.1, -0.05) is 52.4 Å². The Balaban J connectivity index is 3.79. The van der Waals surface area contributed by atoms with Crippen molar-refractivity contribution >= 4 is 17.7 Å². The number of halogens is 1. The molecule has 1 amide bonds. The van der Waals surface area contributed by atoms with Crippen LogP contribution in [-0.2, 0) is 4.79 Å². The van der Waals surface area contributed by atoms with Crippen LogP contribution in [0.15, 0.2) is 0 Å². The van der Waals surface area contributed by atoms with Crippen molar-refractivity contribution in [2.75, 3.05) is 0 Å². The lowest BCUT2D eigenvalue weighted by Gasteiger charge is -2.13. The molecule has 0 saturated heterocycles. The van der Waals surface area contributed by atoms with Gasteiger partial charge in [-0.2, -0.15) is 0 Å². The Labute approximate surface area is 98.9 Å². The zero-order chi connectivity index (χ0) is 11.5. The van der Waals surface area contributed by atoms with Gasteiger partial charge < -0.3 is 0 Å². The second-order valence-corrected chi connectivity index (χ2v) is 4.34. The number of carbonyl (C=O) groups excluding carboxylic acids is 1. The van der Waals surface area contributed by atoms with Gasteiger partial charge >= 0.3 is 0 Å². The Kier molecular flexibility index (Phi) is 10.1. The number of rotatable bonds is 9. The summed E-state index contributed by atoms with van der Waals surface area (Å²) in [5.41, 5.74) is 0. The van der Waals surface area contributed by atoms with Gasteiger partial charge in [0.2, 0.25) is 5.91 Å². The SMILES string of the molecule is CCCCCC(CCCCC)C(=O)NCl. The molecule has 0 bridgehead atoms. The van der Waals surface area contributed by atoms with Crippen molar-refractivity contribution in [1.82, 2.24) is 4.84 Å². The van der Waals surface area contributed by atoms with Gasteiger partial charge in [0.1, 0.15) is 0 Å². The van der Waals surface area contributed by atoms with Crippen molar-refractivity contribution in [1.29, 1.82) is 0 Å². The largest absolute Gasteiger partial charge is 0.273 e. The Hall–Kier alpha value is -0.240. The molecule has 0 unspecified atom stereocenters. The molecule has 15 heavy (non-hydrogen) atoms. The first kappa shape index (κ1) is 14.8. The molecule has 0 spiro atoms. The lowest BCUT2D eigenvalue weighted by molar-refractivity contribution is -0.123. The zero-order valence-electron chi connectivity index (χ0n) is 10.0. The highest BCUT2D eigenvalue weighted by molar-refractivity contribution is 6.21. The minimum Gasteiger partial charge on any atom is -0.273 e. The molecule has 0 atom stereocenters. The molecule has 0 aromatic carbocycles. The summed E-state index contributed by atoms with van der Waals surface area (Å²) in [6, 6.07) is 0. The number of carbonyl (C=O) groups is 1. The summed E-state index contributed by atoms with van der Waals surface area (Å²) in [6.45, 7) is 4.35. The molecule has 0 radical (unpaired) electrons. The van der Waals surface area contributed by atoms with Crippen molar-refractivity contribution in [2.24, 2.45) is 5.92 Å². The lowest BCUT2D eigenvalue weighted by atomic mass is 9.94. The van der Waals surface area contributed by atoms with Gasteiger partial charge in [-0.05, 0) is 12.8 Å². The third-order valence-corrected chi connectivity index (χ3v) is 2.96. The zero-order valence-corrected chi connectivity index (χ0v) is 10.8. The second-order valence-electron chi connectivity index (χ2n) is 4.15. The van der Waals surface area contributed by atoms with Gasteiger partial charge in [-0.15, -0.1) is 0 Å². The summed E-state index contributed by atoms with van der Waals surface area (Å²) in [4.78, 5) is 13.7. The Morgan fingerprint density at radius 2 is 1.53 bits per heavy atom. The maximum absolute atomic E-state index is 11.5. The van der Waals surface area contributed by atoms with E-state index in [0.717, 1.165) is 25.7 Å². The normalized spacial score (nSPS) is 10.7. The van der Waals surface area contributed by atoms with Crippen molar-refractivity contribution in [2.45, 2.75) is 65.2 Å². The Bertz CT molecular complexity index is 152. The standard InChI is InChI=1S/C12H24ClNO/c1-3-5-7-9-11(12(15)14-13)10-8-6-4-2/h11H,3-10H2,1-2H3,(H,14,15). The number of hydrogen-bond acceptors (Lipinski definition) is 1. The van der Waals surface area contributed by atoms with E-state index in [9.17, 15) is 4.79 Å². The van der Waals surface area contributed by atoms with Gasteiger partial charge in [-0.25, -0.2) is 0 Å². The van der Waals surface area contributed by atoms with Crippen molar-refractivity contribution < 1.29 is 4.79 Å². The topological polar surface area (TPSA) is 29.1 Å². The van der Waals surface area contributed by atoms with Crippen LogP contribution in [0, 0.1) is 5.92 Å². The molecule has 3 heteroatoms. The van der Waals surface area contributed by atoms with E-state index in [0.29, 0.717) is 0 Å². The van der Waals surface area contributed by atoms with Crippen molar-refractivity contribution in [3.63, 3.8) is 0 Å². The molecule has 0 aromatic heterocycles. The van der Waals surface area contributed by atoms with E-state index in [1.54, 1.807) is 0 Å². The first-order chi connectivity index (χ1) is 7.26. The molecule has 2 nitrogen and oxygen atoms in total. The molecule has 0 fully saturated rings. The minimum atomic E-state index is 0.00359. The highest BCUT2D eigenvalue weighted by Crippen LogP contribution is 2.17. The average Bonchev–Trinajstić information content (AvgIpc) is 2.26. The number of amides is 1. The molecule has 0 heterocycles. The summed E-state index contributed by atoms with van der Waals surface area (Å²) in [7, 11) is 0. The quantitative estimate of drug-likeness (QED) is 0.473. The van der Waals surface area contributed by atoms with Crippen molar-refractivity contribution in [3.8, 4) is 0 Å². The molecular formula is C12H24ClNO. The van der Waals surface area contributed by atoms with Crippen LogP contribution in [0.3, 0.4) is 0 Å². The van der Waals surface area contributed by atoms with E-state index < -0.39 is 0 Å². The van der Waals surface area contributed by atoms with Crippen molar-refractivity contribution in [3.05, 3.63) is 0 Å². The number of hydrogen-bond donors (Lipinski definition) is 1. The minimum absolute atomic E-state index is 0.00359. The molecule has 0 aliphatic rings. The third-order valence-electron chi connectivity index (χ3n) is 2.78. The summed E-state index contributed by atoms with van der Waals surface area (Å²) in [6.07, 6.45) is 9.05. The summed E-state index contributed by atoms with van der Waals surface area (Å²) in [5, 5.41) is 0. The molecule has 1 N–H and O–H groups in total. The van der Waals surface area contributed by atoms with Crippen LogP contribution >= 0.6 is 11.8 Å². The molecule has 0 aromatic rings. The fraction of sp³-hybridized carbons (Fsp3) is 0.917. The van der Waals surface area contributed by atoms with Crippen LogP contribution < -0.4 is 4.84 Å². The van der Waals surface area contributed by atoms with Gasteiger partial charge in [0.25, 0.3) is 0 Å². The maximum Gasteiger partial charge on any atom is 0.237 e. The summed E-state index contributed by atoms with van der Waals surface area (Å²) in [5.74, 6) is 0.129. The predicted molar refractivity (Wildman–Crippen MR) is 65.8 cm³/mol. The van der Waals surface area contributed by atoms with E-state index in [4.69, 9.17) is 11.8 Å². The average molecular weight is 234 g/mol. The van der Waals surface area contributed by atoms with E-state index in [2.05, 4.69) is 18.7 Å². The lowest BCUT2D eigenvalue weighted by Crippen LogP contribution is -2.23. The fourth-order valence-corrected chi connectivity index (χ4v) is 1.92. The van der Waals surface area contributed by atoms with E-state index in [1.165, 1.54) is 25.7 Å². The molecule has 0 saturated carbocycles. The summed E-state index contributed by atoms with van der Waals surface area (Å²) < 4.78 is 0. The van der Waals surface area contributed by atoms with E-state index >= 15 is 0 Å². The molecule has 0 aliphatic carbocycles. The molecule has 90 valence electrons. The molecular weight excluding hydrogens is 210 g/mol. The summed E-state index contributed by atoms with van der Waals surface area (Å²) >= 11 is 5.37. The maximum atomic E-state index is 11.5. The van der Waals surface area contributed by atoms with Gasteiger partial charge in [0.15, 0.2) is 0 Å². The van der Waals surface area contributed by atoms with E-state index in [1.807, 2.05) is 0 Å². The highest BCUT2D eigenvalue weighted by Gasteiger charge is 2.16. The second kappa shape index (κ2) is 10.3. The first-order valence-corrected chi connectivity index (χ1v) is 6.54. The number of nitrogens with one attached hydrogen (secondary N) is 1. The molecule has 0 rings (SSSR count). The van der Waals surface area contributed by atoms with Crippen LogP contribution in [0.25, 0.3) is 0 Å². The smallest absolute Gasteiger partial charge is 0.237 e. The van der Waals surface area contributed by atoms with Crippen LogP contribution in [-0.4, -0.2) is 5.91 Å². The van der Waals surface area contributed by atoms with Crippen LogP contribution in [0.1, 0.15) is 65.2 Å². The Morgan fingerprint density at radius 1 is 1.07 bits per heavy atom. The third kappa shape index (κ3) is 7.66. The van der Waals surface area contributed by atoms with Crippen LogP contribution in [0.2, 0.25) is 0 Å². The van der Waals surface area contributed by atoms with Gasteiger partial charge in [-0.3, -0.25) is 9.63 Å². The van der Waals surface area contributed by atoms with E-state index in [-0.39, 0.29) is 11.8 Å². The monoisotopic (exact) mass is 233 g/mol. The van der Waals surface area contributed by atoms with Crippen LogP contribution in [0.5, 0.6) is 0 Å². The highest BCUT2D eigenvalue weighted by atomic mass is 35.5. The van der Waals surface area contributed by atoms with Crippen LogP contribution in [0.4, 0.5) is 0 Å². The first-order valence-electron chi connectivity index (χ1n) is 6.16.